The summed E-state index contributed by atoms with van der Waals surface area (Å²) in [6.07, 6.45) is 0. The summed E-state index contributed by atoms with van der Waals surface area (Å²) in [4.78, 5) is 29.3. The van der Waals surface area contributed by atoms with Gasteiger partial charge in [-0.05, 0) is 56.2 Å². The minimum absolute atomic E-state index is 0.216. The lowest BCUT2D eigenvalue weighted by molar-refractivity contribution is -0.119. The fourth-order valence-electron chi connectivity index (χ4n) is 2.76. The second-order valence-corrected chi connectivity index (χ2v) is 8.18. The number of nitrogens with zero attached hydrogens (tertiary/aromatic N) is 1. The van der Waals surface area contributed by atoms with E-state index in [4.69, 9.17) is 21.1 Å². The first kappa shape index (κ1) is 21.8. The third-order valence-corrected chi connectivity index (χ3v) is 5.65. The number of carbonyl (C=O) groups is 2. The van der Waals surface area contributed by atoms with Crippen molar-refractivity contribution in [3.8, 4) is 5.75 Å². The van der Waals surface area contributed by atoms with Crippen molar-refractivity contribution in [3.63, 3.8) is 0 Å². The molecule has 1 amide bonds. The maximum Gasteiger partial charge on any atom is 0.350 e. The molecular weight excluding hydrogens is 424 g/mol. The van der Waals surface area contributed by atoms with Crippen LogP contribution in [0.25, 0.3) is 0 Å². The summed E-state index contributed by atoms with van der Waals surface area (Å²) in [5.41, 5.74) is 3.15. The smallest absolute Gasteiger partial charge is 0.350 e. The highest BCUT2D eigenvalue weighted by atomic mass is 35.5. The van der Waals surface area contributed by atoms with Crippen LogP contribution in [0.4, 0.5) is 5.69 Å². The second-order valence-electron chi connectivity index (χ2n) is 6.66. The molecule has 2 aromatic carbocycles. The van der Waals surface area contributed by atoms with Gasteiger partial charge >= 0.3 is 5.97 Å². The Morgan fingerprint density at radius 2 is 1.73 bits per heavy atom. The number of nitrogens with one attached hydrogen (secondary N) is 1. The summed E-state index contributed by atoms with van der Waals surface area (Å²) < 4.78 is 10.8. The molecule has 0 unspecified atom stereocenters. The van der Waals surface area contributed by atoms with Gasteiger partial charge in [-0.25, -0.2) is 9.78 Å². The van der Waals surface area contributed by atoms with Crippen molar-refractivity contribution in [2.24, 2.45) is 0 Å². The molecule has 0 aliphatic rings. The molecule has 0 saturated carbocycles. The number of hydrogen-bond acceptors (Lipinski definition) is 6. The Bertz CT molecular complexity index is 1040. The van der Waals surface area contributed by atoms with Gasteiger partial charge in [-0.2, -0.15) is 0 Å². The second kappa shape index (κ2) is 9.73. The number of esters is 1. The minimum Gasteiger partial charge on any atom is -0.486 e. The first-order valence-corrected chi connectivity index (χ1v) is 10.4. The predicted molar refractivity (Wildman–Crippen MR) is 117 cm³/mol. The van der Waals surface area contributed by atoms with Crippen LogP contribution in [-0.4, -0.2) is 23.5 Å². The summed E-state index contributed by atoms with van der Waals surface area (Å²) >= 11 is 7.04. The van der Waals surface area contributed by atoms with Gasteiger partial charge < -0.3 is 14.8 Å². The topological polar surface area (TPSA) is 77.5 Å². The summed E-state index contributed by atoms with van der Waals surface area (Å²) in [5.74, 6) is -0.326. The number of anilines is 1. The molecule has 3 aromatic rings. The maximum absolute atomic E-state index is 12.4. The van der Waals surface area contributed by atoms with Gasteiger partial charge in [0.25, 0.3) is 5.91 Å². The molecule has 0 bridgehead atoms. The number of aromatic nitrogens is 1. The van der Waals surface area contributed by atoms with Crippen LogP contribution < -0.4 is 10.1 Å². The molecular formula is C22H21ClN2O4S. The van der Waals surface area contributed by atoms with Gasteiger partial charge in [0, 0.05) is 10.7 Å². The van der Waals surface area contributed by atoms with E-state index in [9.17, 15) is 9.59 Å². The van der Waals surface area contributed by atoms with Crippen LogP contribution in [0.15, 0.2) is 42.5 Å². The quantitative estimate of drug-likeness (QED) is 0.513. The fourth-order valence-corrected chi connectivity index (χ4v) is 3.76. The van der Waals surface area contributed by atoms with Crippen LogP contribution in [-0.2, 0) is 16.1 Å². The molecule has 0 saturated heterocycles. The number of para-hydroxylation sites is 1. The molecule has 8 heteroatoms. The molecule has 1 N–H and O–H groups in total. The fraction of sp³-hybridized carbons (Fsp3) is 0.227. The van der Waals surface area contributed by atoms with Gasteiger partial charge in [0.05, 0.1) is 5.69 Å². The van der Waals surface area contributed by atoms with Crippen LogP contribution >= 0.6 is 22.9 Å². The molecule has 6 nitrogen and oxygen atoms in total. The summed E-state index contributed by atoms with van der Waals surface area (Å²) in [5, 5.41) is 4.05. The SMILES string of the molecule is Cc1cccc(C)c1NC(=O)COC(=O)c1sc(COc2ccc(Cl)cc2)nc1C. The first-order valence-electron chi connectivity index (χ1n) is 9.21. The van der Waals surface area contributed by atoms with E-state index in [1.54, 1.807) is 31.2 Å². The third-order valence-electron chi connectivity index (χ3n) is 4.28. The van der Waals surface area contributed by atoms with E-state index < -0.39 is 11.9 Å². The average Bonchev–Trinajstić information content (AvgIpc) is 3.09. The van der Waals surface area contributed by atoms with Crippen LogP contribution in [0.5, 0.6) is 5.75 Å². The molecule has 3 rings (SSSR count). The predicted octanol–water partition coefficient (Wildman–Crippen LogP) is 5.10. The first-order chi connectivity index (χ1) is 14.3. The van der Waals surface area contributed by atoms with Gasteiger partial charge in [-0.1, -0.05) is 29.8 Å². The molecule has 1 aromatic heterocycles. The van der Waals surface area contributed by atoms with Crippen LogP contribution in [0.3, 0.4) is 0 Å². The molecule has 0 aliphatic heterocycles. The van der Waals surface area contributed by atoms with E-state index in [1.165, 1.54) is 11.3 Å². The van der Waals surface area contributed by atoms with Crippen molar-refractivity contribution in [2.45, 2.75) is 27.4 Å². The molecule has 0 atom stereocenters. The van der Waals surface area contributed by atoms with E-state index >= 15 is 0 Å². The highest BCUT2D eigenvalue weighted by Gasteiger charge is 2.18. The zero-order chi connectivity index (χ0) is 21.7. The Morgan fingerprint density at radius 1 is 1.07 bits per heavy atom. The largest absolute Gasteiger partial charge is 0.486 e. The van der Waals surface area contributed by atoms with Crippen LogP contribution in [0.2, 0.25) is 5.02 Å². The third kappa shape index (κ3) is 5.58. The Morgan fingerprint density at radius 3 is 2.40 bits per heavy atom. The molecule has 156 valence electrons. The Kier molecular flexibility index (Phi) is 7.07. The van der Waals surface area contributed by atoms with E-state index in [2.05, 4.69) is 10.3 Å². The summed E-state index contributed by atoms with van der Waals surface area (Å²) in [6.45, 7) is 5.37. The van der Waals surface area contributed by atoms with Crippen LogP contribution in [0, 0.1) is 20.8 Å². The maximum atomic E-state index is 12.4. The standard InChI is InChI=1S/C22H21ClN2O4S/c1-13-5-4-6-14(2)20(13)25-18(26)11-29-22(27)21-15(3)24-19(30-21)12-28-17-9-7-16(23)8-10-17/h4-10H,11-12H2,1-3H3,(H,25,26). The van der Waals surface area contributed by atoms with Gasteiger partial charge in [-0.15, -0.1) is 11.3 Å². The monoisotopic (exact) mass is 444 g/mol. The molecule has 0 aliphatic carbocycles. The lowest BCUT2D eigenvalue weighted by Crippen LogP contribution is -2.21. The number of hydrogen-bond donors (Lipinski definition) is 1. The Balaban J connectivity index is 1.55. The van der Waals surface area contributed by atoms with Crippen molar-refractivity contribution in [2.75, 3.05) is 11.9 Å². The molecule has 0 fully saturated rings. The van der Waals surface area contributed by atoms with Crippen molar-refractivity contribution in [1.29, 1.82) is 0 Å². The van der Waals surface area contributed by atoms with E-state index in [-0.39, 0.29) is 13.2 Å². The van der Waals surface area contributed by atoms with Gasteiger partial charge in [-0.3, -0.25) is 4.79 Å². The average molecular weight is 445 g/mol. The number of thiazole rings is 1. The summed E-state index contributed by atoms with van der Waals surface area (Å²) in [6, 6.07) is 12.7. The highest BCUT2D eigenvalue weighted by Crippen LogP contribution is 2.23. The Labute approximate surface area is 183 Å². The number of amides is 1. The minimum atomic E-state index is -0.584. The van der Waals surface area contributed by atoms with E-state index in [0.717, 1.165) is 16.8 Å². The number of rotatable bonds is 7. The lowest BCUT2D eigenvalue weighted by Gasteiger charge is -2.11. The molecule has 1 heterocycles. The van der Waals surface area contributed by atoms with Crippen molar-refractivity contribution in [1.82, 2.24) is 4.98 Å². The number of ether oxygens (including phenoxy) is 2. The van der Waals surface area contributed by atoms with Gasteiger partial charge in [0.1, 0.15) is 22.2 Å². The number of carbonyl (C=O) groups excluding carboxylic acids is 2. The van der Waals surface area contributed by atoms with Crippen LogP contribution in [0.1, 0.15) is 31.5 Å². The van der Waals surface area contributed by atoms with Crippen molar-refractivity contribution < 1.29 is 19.1 Å². The summed E-state index contributed by atoms with van der Waals surface area (Å²) in [7, 11) is 0. The molecule has 0 spiro atoms. The zero-order valence-corrected chi connectivity index (χ0v) is 18.4. The lowest BCUT2D eigenvalue weighted by atomic mass is 10.1. The molecule has 0 radical (unpaired) electrons. The van der Waals surface area contributed by atoms with Gasteiger partial charge in [0.15, 0.2) is 6.61 Å². The Hall–Kier alpha value is -2.90. The van der Waals surface area contributed by atoms with Crippen molar-refractivity contribution >= 4 is 40.5 Å². The number of benzene rings is 2. The van der Waals surface area contributed by atoms with E-state index in [1.807, 2.05) is 32.0 Å². The zero-order valence-electron chi connectivity index (χ0n) is 16.8. The van der Waals surface area contributed by atoms with Crippen molar-refractivity contribution in [3.05, 3.63) is 74.2 Å². The number of aryl methyl sites for hydroxylation is 3. The van der Waals surface area contributed by atoms with E-state index in [0.29, 0.717) is 26.4 Å². The van der Waals surface area contributed by atoms with Gasteiger partial charge in [0.2, 0.25) is 0 Å². The highest BCUT2D eigenvalue weighted by molar-refractivity contribution is 7.13. The number of halogens is 1. The normalized spacial score (nSPS) is 10.5. The molecule has 30 heavy (non-hydrogen) atoms.